The Hall–Kier alpha value is -1.65. The molecule has 1 aliphatic rings. The van der Waals surface area contributed by atoms with Crippen molar-refractivity contribution in [3.8, 4) is 10.4 Å². The van der Waals surface area contributed by atoms with Crippen LogP contribution in [-0.2, 0) is 11.3 Å². The standard InChI is InChI=1S/C20H26N2OS/c1-15(2)21-20(23)18-6-3-4-12-22(18)14-16-8-10-17(11-9-16)19-7-5-13-24-19/h5,7-11,13,15,18H,3-4,6,12,14H2,1-2H3,(H,21,23). The Morgan fingerprint density at radius 3 is 2.71 bits per heavy atom. The largest absolute Gasteiger partial charge is 0.353 e. The van der Waals surface area contributed by atoms with Gasteiger partial charge in [0.2, 0.25) is 5.91 Å². The predicted octanol–water partition coefficient (Wildman–Crippen LogP) is 4.29. The van der Waals surface area contributed by atoms with Gasteiger partial charge in [-0.2, -0.15) is 0 Å². The van der Waals surface area contributed by atoms with Crippen molar-refractivity contribution < 1.29 is 4.79 Å². The minimum atomic E-state index is 0.0122. The lowest BCUT2D eigenvalue weighted by atomic mass is 10.00. The van der Waals surface area contributed by atoms with E-state index in [0.717, 1.165) is 25.9 Å². The molecule has 0 saturated carbocycles. The van der Waals surface area contributed by atoms with E-state index in [9.17, 15) is 4.79 Å². The first kappa shape index (κ1) is 17.2. The van der Waals surface area contributed by atoms with Crippen LogP contribution in [0.4, 0.5) is 0 Å². The number of carbonyl (C=O) groups is 1. The van der Waals surface area contributed by atoms with Crippen LogP contribution >= 0.6 is 11.3 Å². The highest BCUT2D eigenvalue weighted by molar-refractivity contribution is 7.13. The van der Waals surface area contributed by atoms with Crippen molar-refractivity contribution in [2.75, 3.05) is 6.54 Å². The predicted molar refractivity (Wildman–Crippen MR) is 101 cm³/mol. The summed E-state index contributed by atoms with van der Waals surface area (Å²) in [4.78, 5) is 16.1. The van der Waals surface area contributed by atoms with Gasteiger partial charge in [-0.3, -0.25) is 9.69 Å². The fourth-order valence-electron chi connectivity index (χ4n) is 3.31. The first-order chi connectivity index (χ1) is 11.6. The van der Waals surface area contributed by atoms with Gasteiger partial charge in [0.15, 0.2) is 0 Å². The average Bonchev–Trinajstić information content (AvgIpc) is 3.10. The third-order valence-electron chi connectivity index (χ3n) is 4.49. The summed E-state index contributed by atoms with van der Waals surface area (Å²) in [5.74, 6) is 0.180. The molecule has 1 atom stereocenters. The van der Waals surface area contributed by atoms with E-state index >= 15 is 0 Å². The Morgan fingerprint density at radius 2 is 2.04 bits per heavy atom. The van der Waals surface area contributed by atoms with Gasteiger partial charge in [-0.15, -0.1) is 11.3 Å². The number of rotatable bonds is 5. The number of hydrogen-bond donors (Lipinski definition) is 1. The minimum Gasteiger partial charge on any atom is -0.353 e. The zero-order chi connectivity index (χ0) is 16.9. The number of piperidine rings is 1. The van der Waals surface area contributed by atoms with E-state index in [0.29, 0.717) is 0 Å². The van der Waals surface area contributed by atoms with E-state index < -0.39 is 0 Å². The first-order valence-corrected chi connectivity index (χ1v) is 9.68. The number of hydrogen-bond acceptors (Lipinski definition) is 3. The number of carbonyl (C=O) groups excluding carboxylic acids is 1. The Kier molecular flexibility index (Phi) is 5.69. The van der Waals surface area contributed by atoms with Crippen LogP contribution in [0, 0.1) is 0 Å². The van der Waals surface area contributed by atoms with Crippen LogP contribution in [0.25, 0.3) is 10.4 Å². The van der Waals surface area contributed by atoms with Gasteiger partial charge in [-0.25, -0.2) is 0 Å². The van der Waals surface area contributed by atoms with Crippen molar-refractivity contribution >= 4 is 17.2 Å². The maximum atomic E-state index is 12.5. The summed E-state index contributed by atoms with van der Waals surface area (Å²) in [7, 11) is 0. The van der Waals surface area contributed by atoms with E-state index in [-0.39, 0.29) is 18.0 Å². The third-order valence-corrected chi connectivity index (χ3v) is 5.41. The van der Waals surface area contributed by atoms with Crippen molar-refractivity contribution in [1.82, 2.24) is 10.2 Å². The van der Waals surface area contributed by atoms with Gasteiger partial charge in [-0.1, -0.05) is 36.8 Å². The monoisotopic (exact) mass is 342 g/mol. The fraction of sp³-hybridized carbons (Fsp3) is 0.450. The molecule has 0 bridgehead atoms. The lowest BCUT2D eigenvalue weighted by Gasteiger charge is -2.35. The highest BCUT2D eigenvalue weighted by atomic mass is 32.1. The molecule has 2 aromatic rings. The molecule has 3 nitrogen and oxygen atoms in total. The van der Waals surface area contributed by atoms with Crippen LogP contribution in [0.15, 0.2) is 41.8 Å². The van der Waals surface area contributed by atoms with E-state index in [1.807, 2.05) is 13.8 Å². The zero-order valence-corrected chi connectivity index (χ0v) is 15.3. The summed E-state index contributed by atoms with van der Waals surface area (Å²) >= 11 is 1.76. The van der Waals surface area contributed by atoms with E-state index in [1.165, 1.54) is 22.4 Å². The summed E-state index contributed by atoms with van der Waals surface area (Å²) in [6, 6.07) is 13.2. The summed E-state index contributed by atoms with van der Waals surface area (Å²) < 4.78 is 0. The van der Waals surface area contributed by atoms with Crippen LogP contribution < -0.4 is 5.32 Å². The number of likely N-dealkylation sites (tertiary alicyclic amines) is 1. The second-order valence-electron chi connectivity index (χ2n) is 6.82. The molecule has 3 rings (SSSR count). The van der Waals surface area contributed by atoms with Gasteiger partial charge in [0.05, 0.1) is 6.04 Å². The van der Waals surface area contributed by atoms with Crippen LogP contribution in [0.1, 0.15) is 38.7 Å². The van der Waals surface area contributed by atoms with Gasteiger partial charge < -0.3 is 5.32 Å². The molecule has 24 heavy (non-hydrogen) atoms. The maximum absolute atomic E-state index is 12.5. The molecule has 1 fully saturated rings. The van der Waals surface area contributed by atoms with E-state index in [4.69, 9.17) is 0 Å². The lowest BCUT2D eigenvalue weighted by molar-refractivity contribution is -0.128. The number of amides is 1. The molecule has 1 aromatic carbocycles. The first-order valence-electron chi connectivity index (χ1n) is 8.81. The molecule has 0 spiro atoms. The van der Waals surface area contributed by atoms with Crippen molar-refractivity contribution in [3.05, 3.63) is 47.3 Å². The van der Waals surface area contributed by atoms with Crippen molar-refractivity contribution in [3.63, 3.8) is 0 Å². The summed E-state index contributed by atoms with van der Waals surface area (Å²) in [6.07, 6.45) is 3.29. The number of nitrogens with zero attached hydrogens (tertiary/aromatic N) is 1. The molecule has 1 amide bonds. The van der Waals surface area contributed by atoms with Gasteiger partial charge in [0.1, 0.15) is 0 Å². The van der Waals surface area contributed by atoms with Gasteiger partial charge >= 0.3 is 0 Å². The molecule has 0 aliphatic carbocycles. The van der Waals surface area contributed by atoms with Crippen molar-refractivity contribution in [2.45, 2.75) is 51.7 Å². The van der Waals surface area contributed by atoms with E-state index in [2.05, 4.69) is 52.0 Å². The highest BCUT2D eigenvalue weighted by Gasteiger charge is 2.28. The molecule has 128 valence electrons. The average molecular weight is 343 g/mol. The second kappa shape index (κ2) is 7.95. The molecule has 2 heterocycles. The van der Waals surface area contributed by atoms with Crippen molar-refractivity contribution in [1.29, 1.82) is 0 Å². The molecule has 0 radical (unpaired) electrons. The fourth-order valence-corrected chi connectivity index (χ4v) is 4.04. The summed E-state index contributed by atoms with van der Waals surface area (Å²) in [5, 5.41) is 5.18. The van der Waals surface area contributed by atoms with Crippen LogP contribution in [-0.4, -0.2) is 29.4 Å². The molecule has 1 aromatic heterocycles. The quantitative estimate of drug-likeness (QED) is 0.879. The Labute approximate surface area is 148 Å². The highest BCUT2D eigenvalue weighted by Crippen LogP contribution is 2.26. The minimum absolute atomic E-state index is 0.0122. The zero-order valence-electron chi connectivity index (χ0n) is 14.5. The Morgan fingerprint density at radius 1 is 1.25 bits per heavy atom. The molecule has 1 saturated heterocycles. The smallest absolute Gasteiger partial charge is 0.237 e. The molecule has 4 heteroatoms. The molecule has 1 aliphatic heterocycles. The lowest BCUT2D eigenvalue weighted by Crippen LogP contribution is -2.50. The maximum Gasteiger partial charge on any atom is 0.237 e. The summed E-state index contributed by atoms with van der Waals surface area (Å²) in [6.45, 7) is 5.90. The second-order valence-corrected chi connectivity index (χ2v) is 7.77. The van der Waals surface area contributed by atoms with Gasteiger partial charge in [0, 0.05) is 17.5 Å². The Balaban J connectivity index is 1.67. The molecular weight excluding hydrogens is 316 g/mol. The van der Waals surface area contributed by atoms with Crippen molar-refractivity contribution in [2.24, 2.45) is 0 Å². The van der Waals surface area contributed by atoms with Crippen LogP contribution in [0.5, 0.6) is 0 Å². The third kappa shape index (κ3) is 4.25. The van der Waals surface area contributed by atoms with Crippen LogP contribution in [0.3, 0.4) is 0 Å². The SMILES string of the molecule is CC(C)NC(=O)C1CCCCN1Cc1ccc(-c2cccs2)cc1. The molecule has 1 unspecified atom stereocenters. The Bertz CT molecular complexity index is 649. The van der Waals surface area contributed by atoms with E-state index in [1.54, 1.807) is 11.3 Å². The molecule has 1 N–H and O–H groups in total. The van der Waals surface area contributed by atoms with Gasteiger partial charge in [0.25, 0.3) is 0 Å². The summed E-state index contributed by atoms with van der Waals surface area (Å²) in [5.41, 5.74) is 2.54. The normalized spacial score (nSPS) is 18.7. The van der Waals surface area contributed by atoms with Crippen LogP contribution in [0.2, 0.25) is 0 Å². The number of benzene rings is 1. The number of thiophene rings is 1. The van der Waals surface area contributed by atoms with Gasteiger partial charge in [-0.05, 0) is 55.8 Å². The molecular formula is C20H26N2OS. The number of nitrogens with one attached hydrogen (secondary N) is 1. The topological polar surface area (TPSA) is 32.3 Å².